The molecule has 0 bridgehead atoms. The van der Waals surface area contributed by atoms with E-state index in [-0.39, 0.29) is 5.56 Å². The first-order valence-electron chi connectivity index (χ1n) is 12.1. The lowest BCUT2D eigenvalue weighted by molar-refractivity contribution is 0.630. The van der Waals surface area contributed by atoms with Crippen LogP contribution in [0.15, 0.2) is 93.1 Å². The molecule has 0 radical (unpaired) electrons. The first-order valence-corrected chi connectivity index (χ1v) is 12.9. The van der Waals surface area contributed by atoms with Crippen molar-refractivity contribution in [2.45, 2.75) is 27.2 Å². The summed E-state index contributed by atoms with van der Waals surface area (Å²) in [6.45, 7) is 6.26. The molecule has 0 fully saturated rings. The second-order valence-electron chi connectivity index (χ2n) is 9.19. The molecule has 0 saturated carbocycles. The third-order valence-corrected chi connectivity index (χ3v) is 7.07. The Bertz CT molecular complexity index is 1680. The van der Waals surface area contributed by atoms with E-state index < -0.39 is 0 Å². The number of fused-ring (bicyclic) bond motifs is 1. The van der Waals surface area contributed by atoms with Gasteiger partial charge in [0.25, 0.3) is 5.56 Å². The average Bonchev–Trinajstić information content (AvgIpc) is 3.37. The lowest BCUT2D eigenvalue weighted by Crippen LogP contribution is -2.19. The number of rotatable bonds is 6. The number of thiazole rings is 1. The Balaban J connectivity index is 1.72. The molecule has 2 aromatic heterocycles. The third-order valence-electron chi connectivity index (χ3n) is 6.26. The quantitative estimate of drug-likeness (QED) is 0.256. The van der Waals surface area contributed by atoms with Gasteiger partial charge in [-0.1, -0.05) is 74.5 Å². The van der Waals surface area contributed by atoms with E-state index in [2.05, 4.69) is 55.6 Å². The van der Waals surface area contributed by atoms with Gasteiger partial charge in [0.1, 0.15) is 0 Å². The van der Waals surface area contributed by atoms with Crippen molar-refractivity contribution in [3.05, 3.63) is 99.0 Å². The topological polar surface area (TPSA) is 56.6 Å². The smallest absolute Gasteiger partial charge is 0.283 e. The molecule has 5 aromatic rings. The predicted octanol–water partition coefficient (Wildman–Crippen LogP) is 6.28. The molecule has 7 heteroatoms. The highest BCUT2D eigenvalue weighted by Gasteiger charge is 2.17. The molecule has 0 amide bonds. The van der Waals surface area contributed by atoms with Crippen LogP contribution in [0.3, 0.4) is 0 Å². The standard InChI is InChI=1S/C29H29N5OS/c1-20(2)17-18-30-33-26(25-16-10-12-22-11-8-9-15-24(22)25)19-36-29(33)31-27-21(3)32(4)34(28(27)35)23-13-6-5-7-14-23/h5-16,18-20H,17H2,1-4H3. The van der Waals surface area contributed by atoms with Crippen LogP contribution in [0.1, 0.15) is 26.0 Å². The Morgan fingerprint density at radius 2 is 1.69 bits per heavy atom. The zero-order valence-electron chi connectivity index (χ0n) is 20.9. The van der Waals surface area contributed by atoms with Gasteiger partial charge in [0.2, 0.25) is 4.80 Å². The maximum Gasteiger partial charge on any atom is 0.297 e. The average molecular weight is 496 g/mol. The molecule has 0 saturated heterocycles. The van der Waals surface area contributed by atoms with Crippen LogP contribution in [-0.4, -0.2) is 20.3 Å². The van der Waals surface area contributed by atoms with Crippen LogP contribution < -0.4 is 10.4 Å². The van der Waals surface area contributed by atoms with Gasteiger partial charge >= 0.3 is 0 Å². The van der Waals surface area contributed by atoms with E-state index in [0.717, 1.165) is 34.4 Å². The molecule has 5 rings (SSSR count). The van der Waals surface area contributed by atoms with Crippen molar-refractivity contribution in [3.63, 3.8) is 0 Å². The number of nitrogens with zero attached hydrogens (tertiary/aromatic N) is 5. The second kappa shape index (κ2) is 9.95. The highest BCUT2D eigenvalue weighted by molar-refractivity contribution is 7.07. The van der Waals surface area contributed by atoms with Crippen molar-refractivity contribution in [3.8, 4) is 16.9 Å². The fraction of sp³-hybridized carbons (Fsp3) is 0.207. The van der Waals surface area contributed by atoms with Crippen molar-refractivity contribution in [2.24, 2.45) is 23.1 Å². The maximum absolute atomic E-state index is 13.5. The summed E-state index contributed by atoms with van der Waals surface area (Å²) in [5.41, 5.74) is 3.90. The minimum atomic E-state index is -0.154. The summed E-state index contributed by atoms with van der Waals surface area (Å²) in [6, 6.07) is 24.3. The normalized spacial score (nSPS) is 12.4. The molecule has 6 nitrogen and oxygen atoms in total. The molecule has 0 aliphatic rings. The molecule has 36 heavy (non-hydrogen) atoms. The maximum atomic E-state index is 13.5. The van der Waals surface area contributed by atoms with E-state index in [1.807, 2.05) is 65.9 Å². The van der Waals surface area contributed by atoms with Gasteiger partial charge in [-0.05, 0) is 42.2 Å². The molecule has 0 spiro atoms. The van der Waals surface area contributed by atoms with Gasteiger partial charge in [-0.3, -0.25) is 9.48 Å². The van der Waals surface area contributed by atoms with Gasteiger partial charge < -0.3 is 0 Å². The Kier molecular flexibility index (Phi) is 6.57. The third kappa shape index (κ3) is 4.38. The van der Waals surface area contributed by atoms with Gasteiger partial charge in [0, 0.05) is 24.2 Å². The van der Waals surface area contributed by atoms with Crippen LogP contribution in [0.5, 0.6) is 0 Å². The van der Waals surface area contributed by atoms with Crippen LogP contribution in [0.25, 0.3) is 27.7 Å². The number of hydrogen-bond acceptors (Lipinski definition) is 4. The van der Waals surface area contributed by atoms with Crippen LogP contribution in [0.2, 0.25) is 0 Å². The molecular formula is C29H29N5OS. The highest BCUT2D eigenvalue weighted by atomic mass is 32.1. The molecule has 2 heterocycles. The number of para-hydroxylation sites is 1. The zero-order chi connectivity index (χ0) is 25.2. The molecule has 0 N–H and O–H groups in total. The van der Waals surface area contributed by atoms with Crippen LogP contribution in [-0.2, 0) is 7.05 Å². The molecule has 182 valence electrons. The van der Waals surface area contributed by atoms with Crippen molar-refractivity contribution < 1.29 is 0 Å². The van der Waals surface area contributed by atoms with E-state index >= 15 is 0 Å². The van der Waals surface area contributed by atoms with Gasteiger partial charge in [-0.25, -0.2) is 14.4 Å². The van der Waals surface area contributed by atoms with E-state index in [0.29, 0.717) is 16.4 Å². The van der Waals surface area contributed by atoms with E-state index in [1.54, 1.807) is 4.68 Å². The van der Waals surface area contributed by atoms with Crippen molar-refractivity contribution >= 4 is 34.0 Å². The van der Waals surface area contributed by atoms with Crippen molar-refractivity contribution in [2.75, 3.05) is 0 Å². The molecule has 0 aliphatic heterocycles. The summed E-state index contributed by atoms with van der Waals surface area (Å²) < 4.78 is 5.37. The summed E-state index contributed by atoms with van der Waals surface area (Å²) in [6.07, 6.45) is 2.79. The number of benzene rings is 3. The number of aromatic nitrogens is 3. The fourth-order valence-electron chi connectivity index (χ4n) is 4.24. The predicted molar refractivity (Wildman–Crippen MR) is 150 cm³/mol. The van der Waals surface area contributed by atoms with Crippen molar-refractivity contribution in [1.29, 1.82) is 0 Å². The molecule has 0 unspecified atom stereocenters. The van der Waals surface area contributed by atoms with E-state index in [1.165, 1.54) is 16.7 Å². The zero-order valence-corrected chi connectivity index (χ0v) is 21.7. The minimum Gasteiger partial charge on any atom is -0.283 e. The van der Waals surface area contributed by atoms with Gasteiger partial charge in [-0.15, -0.1) is 11.3 Å². The molecule has 0 aliphatic carbocycles. The highest BCUT2D eigenvalue weighted by Crippen LogP contribution is 2.29. The van der Waals surface area contributed by atoms with E-state index in [4.69, 9.17) is 10.1 Å². The van der Waals surface area contributed by atoms with Crippen LogP contribution in [0, 0.1) is 12.8 Å². The van der Waals surface area contributed by atoms with Crippen molar-refractivity contribution in [1.82, 2.24) is 14.0 Å². The summed E-state index contributed by atoms with van der Waals surface area (Å²) in [4.78, 5) is 19.0. The number of hydrogen-bond donors (Lipinski definition) is 0. The SMILES string of the molecule is Cc1c(N=c2scc(-c3cccc4ccccc34)n2N=CCC(C)C)c(=O)n(-c2ccccc2)n1C. The van der Waals surface area contributed by atoms with Crippen LogP contribution in [0.4, 0.5) is 5.69 Å². The lowest BCUT2D eigenvalue weighted by atomic mass is 10.0. The summed E-state index contributed by atoms with van der Waals surface area (Å²) in [5.74, 6) is 0.490. The van der Waals surface area contributed by atoms with Gasteiger partial charge in [0.15, 0.2) is 5.69 Å². The lowest BCUT2D eigenvalue weighted by Gasteiger charge is -2.08. The Hall–Kier alpha value is -3.97. The Labute approximate surface area is 214 Å². The molecule has 3 aromatic carbocycles. The Morgan fingerprint density at radius 3 is 2.47 bits per heavy atom. The first kappa shape index (κ1) is 23.8. The first-order chi connectivity index (χ1) is 17.5. The molecule has 0 atom stereocenters. The second-order valence-corrected chi connectivity index (χ2v) is 10.0. The summed E-state index contributed by atoms with van der Waals surface area (Å²) in [5, 5.41) is 9.22. The largest absolute Gasteiger partial charge is 0.297 e. The Morgan fingerprint density at radius 1 is 0.972 bits per heavy atom. The fourth-order valence-corrected chi connectivity index (χ4v) is 5.07. The van der Waals surface area contributed by atoms with Crippen LogP contribution >= 0.6 is 11.3 Å². The van der Waals surface area contributed by atoms with Gasteiger partial charge in [-0.2, -0.15) is 5.10 Å². The van der Waals surface area contributed by atoms with E-state index in [9.17, 15) is 4.79 Å². The monoisotopic (exact) mass is 495 g/mol. The van der Waals surface area contributed by atoms with Gasteiger partial charge in [0.05, 0.1) is 17.1 Å². The molecular weight excluding hydrogens is 466 g/mol. The summed E-state index contributed by atoms with van der Waals surface area (Å²) in [7, 11) is 1.88. The summed E-state index contributed by atoms with van der Waals surface area (Å²) >= 11 is 1.49. The minimum absolute atomic E-state index is 0.154.